The molecule has 0 spiro atoms. The van der Waals surface area contributed by atoms with E-state index in [2.05, 4.69) is 5.43 Å². The maximum absolute atomic E-state index is 10.6. The molecule has 10 heavy (non-hydrogen) atoms. The van der Waals surface area contributed by atoms with Crippen LogP contribution in [0.5, 0.6) is 0 Å². The Morgan fingerprint density at radius 2 is 2.40 bits per heavy atom. The van der Waals surface area contributed by atoms with Gasteiger partial charge in [-0.15, -0.1) is 0 Å². The minimum Gasteiger partial charge on any atom is -0.464 e. The fourth-order valence-electron chi connectivity index (χ4n) is 0.804. The maximum atomic E-state index is 10.6. The number of hydrazine groups is 1. The molecule has 1 fully saturated rings. The predicted octanol–water partition coefficient (Wildman–Crippen LogP) is -0.209. The van der Waals surface area contributed by atoms with Crippen LogP contribution in [-0.4, -0.2) is 28.7 Å². The third-order valence-corrected chi connectivity index (χ3v) is 1.28. The summed E-state index contributed by atoms with van der Waals surface area (Å²) >= 11 is 0. The Balaban J connectivity index is 2.47. The molecule has 1 heterocycles. The number of nitrogens with one attached hydrogen (secondary N) is 1. The molecule has 1 aliphatic rings. The minimum absolute atomic E-state index is 0.228. The molecule has 1 saturated heterocycles. The zero-order valence-electron chi connectivity index (χ0n) is 5.33. The fourth-order valence-corrected chi connectivity index (χ4v) is 0.804. The number of rotatable bonds is 0. The molecule has 0 unspecified atom stereocenters. The average molecular weight is 144 g/mol. The van der Waals surface area contributed by atoms with E-state index in [1.807, 2.05) is 0 Å². The molecule has 0 aromatic heterocycles. The van der Waals surface area contributed by atoms with Gasteiger partial charge in [-0.05, 0) is 6.42 Å². The van der Waals surface area contributed by atoms with E-state index in [1.165, 1.54) is 0 Å². The van der Waals surface area contributed by atoms with Crippen LogP contribution in [0.1, 0.15) is 12.8 Å². The number of nitrogens with zero attached hydrogens (tertiary/aromatic N) is 1. The van der Waals surface area contributed by atoms with E-state index in [4.69, 9.17) is 5.11 Å². The smallest absolute Gasteiger partial charge is 0.426 e. The SMILES string of the molecule is O=C1CCCN(C(=O)O)N1. The van der Waals surface area contributed by atoms with Crippen molar-refractivity contribution in [1.82, 2.24) is 10.4 Å². The van der Waals surface area contributed by atoms with Gasteiger partial charge in [-0.25, -0.2) is 9.80 Å². The fraction of sp³-hybridized carbons (Fsp3) is 0.600. The normalized spacial score (nSPS) is 18.4. The molecule has 56 valence electrons. The van der Waals surface area contributed by atoms with Gasteiger partial charge in [-0.3, -0.25) is 10.2 Å². The van der Waals surface area contributed by atoms with Crippen molar-refractivity contribution in [3.8, 4) is 0 Å². The van der Waals surface area contributed by atoms with Crippen molar-refractivity contribution in [3.63, 3.8) is 0 Å². The Morgan fingerprint density at radius 3 is 2.80 bits per heavy atom. The molecule has 2 N–H and O–H groups in total. The molecule has 5 nitrogen and oxygen atoms in total. The summed E-state index contributed by atoms with van der Waals surface area (Å²) in [4.78, 5) is 20.8. The first-order chi connectivity index (χ1) is 4.70. The molecule has 0 atom stereocenters. The first kappa shape index (κ1) is 6.85. The summed E-state index contributed by atoms with van der Waals surface area (Å²) in [5.41, 5.74) is 2.21. The van der Waals surface area contributed by atoms with E-state index in [-0.39, 0.29) is 5.91 Å². The van der Waals surface area contributed by atoms with Gasteiger partial charge in [-0.1, -0.05) is 0 Å². The summed E-state index contributed by atoms with van der Waals surface area (Å²) in [5, 5.41) is 9.26. The van der Waals surface area contributed by atoms with Gasteiger partial charge in [0.25, 0.3) is 0 Å². The Kier molecular flexibility index (Phi) is 1.75. The van der Waals surface area contributed by atoms with Gasteiger partial charge in [0, 0.05) is 13.0 Å². The summed E-state index contributed by atoms with van der Waals surface area (Å²) in [6, 6.07) is 0. The van der Waals surface area contributed by atoms with E-state index in [0.717, 1.165) is 5.01 Å². The number of hydrogen-bond donors (Lipinski definition) is 2. The number of carboxylic acid groups (broad SMARTS) is 1. The predicted molar refractivity (Wildman–Crippen MR) is 32.1 cm³/mol. The second-order valence-electron chi connectivity index (χ2n) is 2.07. The van der Waals surface area contributed by atoms with Crippen LogP contribution in [-0.2, 0) is 4.79 Å². The van der Waals surface area contributed by atoms with Crippen LogP contribution >= 0.6 is 0 Å². The third kappa shape index (κ3) is 1.37. The van der Waals surface area contributed by atoms with Crippen LogP contribution < -0.4 is 5.43 Å². The molecular formula is C5H8N2O3. The Morgan fingerprint density at radius 1 is 1.70 bits per heavy atom. The summed E-state index contributed by atoms with van der Waals surface area (Å²) < 4.78 is 0. The Hall–Kier alpha value is -1.26. The summed E-state index contributed by atoms with van der Waals surface area (Å²) in [6.07, 6.45) is -0.0740. The van der Waals surface area contributed by atoms with Gasteiger partial charge in [0.2, 0.25) is 5.91 Å². The van der Waals surface area contributed by atoms with E-state index >= 15 is 0 Å². The lowest BCUT2D eigenvalue weighted by Crippen LogP contribution is -2.49. The molecular weight excluding hydrogens is 136 g/mol. The topological polar surface area (TPSA) is 69.6 Å². The van der Waals surface area contributed by atoms with Crippen LogP contribution in [0, 0.1) is 0 Å². The molecule has 2 amide bonds. The number of hydrogen-bond acceptors (Lipinski definition) is 2. The van der Waals surface area contributed by atoms with Crippen LogP contribution in [0.15, 0.2) is 0 Å². The van der Waals surface area contributed by atoms with E-state index in [9.17, 15) is 9.59 Å². The summed E-state index contributed by atoms with van der Waals surface area (Å²) in [5.74, 6) is -0.228. The monoisotopic (exact) mass is 144 g/mol. The minimum atomic E-state index is -1.10. The molecule has 0 aliphatic carbocycles. The maximum Gasteiger partial charge on any atom is 0.426 e. The van der Waals surface area contributed by atoms with Crippen molar-refractivity contribution in [1.29, 1.82) is 0 Å². The van der Waals surface area contributed by atoms with Crippen molar-refractivity contribution in [2.24, 2.45) is 0 Å². The molecule has 0 aromatic carbocycles. The van der Waals surface area contributed by atoms with Crippen molar-refractivity contribution in [2.45, 2.75) is 12.8 Å². The van der Waals surface area contributed by atoms with Crippen LogP contribution in [0.4, 0.5) is 4.79 Å². The number of amides is 2. The van der Waals surface area contributed by atoms with Gasteiger partial charge in [0.1, 0.15) is 0 Å². The van der Waals surface area contributed by atoms with Crippen LogP contribution in [0.25, 0.3) is 0 Å². The van der Waals surface area contributed by atoms with Crippen molar-refractivity contribution >= 4 is 12.0 Å². The van der Waals surface area contributed by atoms with Crippen molar-refractivity contribution < 1.29 is 14.7 Å². The zero-order valence-corrected chi connectivity index (χ0v) is 5.33. The highest BCUT2D eigenvalue weighted by molar-refractivity contribution is 5.79. The first-order valence-electron chi connectivity index (χ1n) is 3.00. The highest BCUT2D eigenvalue weighted by atomic mass is 16.4. The van der Waals surface area contributed by atoms with Crippen LogP contribution in [0.3, 0.4) is 0 Å². The molecule has 0 aromatic rings. The molecule has 1 rings (SSSR count). The lowest BCUT2D eigenvalue weighted by atomic mass is 10.2. The summed E-state index contributed by atoms with van der Waals surface area (Å²) in [6.45, 7) is 0.390. The van der Waals surface area contributed by atoms with Gasteiger partial charge in [0.05, 0.1) is 0 Å². The Bertz CT molecular complexity index is 166. The second-order valence-corrected chi connectivity index (χ2v) is 2.07. The van der Waals surface area contributed by atoms with Gasteiger partial charge >= 0.3 is 6.09 Å². The highest BCUT2D eigenvalue weighted by Crippen LogP contribution is 1.99. The standard InChI is InChI=1S/C5H8N2O3/c8-4-2-1-3-7(6-4)5(9)10/h1-3H2,(H,6,8)(H,9,10). The molecule has 0 radical (unpaired) electrons. The van der Waals surface area contributed by atoms with E-state index < -0.39 is 6.09 Å². The van der Waals surface area contributed by atoms with Crippen molar-refractivity contribution in [2.75, 3.05) is 6.54 Å². The average Bonchev–Trinajstić information content (AvgIpc) is 1.88. The van der Waals surface area contributed by atoms with Crippen LogP contribution in [0.2, 0.25) is 0 Å². The van der Waals surface area contributed by atoms with E-state index in [0.29, 0.717) is 19.4 Å². The lowest BCUT2D eigenvalue weighted by Gasteiger charge is -2.23. The quantitative estimate of drug-likeness (QED) is 0.494. The second kappa shape index (κ2) is 2.55. The van der Waals surface area contributed by atoms with E-state index in [1.54, 1.807) is 0 Å². The number of carbonyl (C=O) groups is 2. The summed E-state index contributed by atoms with van der Waals surface area (Å²) in [7, 11) is 0. The molecule has 0 saturated carbocycles. The largest absolute Gasteiger partial charge is 0.464 e. The highest BCUT2D eigenvalue weighted by Gasteiger charge is 2.18. The van der Waals surface area contributed by atoms with Gasteiger partial charge in [-0.2, -0.15) is 0 Å². The third-order valence-electron chi connectivity index (χ3n) is 1.28. The molecule has 0 bridgehead atoms. The zero-order chi connectivity index (χ0) is 7.56. The molecule has 5 heteroatoms. The lowest BCUT2D eigenvalue weighted by molar-refractivity contribution is -0.127. The molecule has 1 aliphatic heterocycles. The number of carbonyl (C=O) groups excluding carboxylic acids is 1. The van der Waals surface area contributed by atoms with Gasteiger partial charge < -0.3 is 5.11 Å². The van der Waals surface area contributed by atoms with Crippen molar-refractivity contribution in [3.05, 3.63) is 0 Å². The van der Waals surface area contributed by atoms with Gasteiger partial charge in [0.15, 0.2) is 0 Å². The first-order valence-corrected chi connectivity index (χ1v) is 3.00. The Labute approximate surface area is 57.6 Å².